The standard InChI is InChI=1S/C12H18N2O3/c1-9(12(15)16)11-7-14(8-13-11)6-10-4-2-3-5-17-10/h7-10H,2-6H2,1H3,(H,15,16). The molecule has 1 aliphatic heterocycles. The van der Waals surface area contributed by atoms with Gasteiger partial charge in [-0.3, -0.25) is 4.79 Å². The molecule has 2 atom stereocenters. The van der Waals surface area contributed by atoms with Crippen molar-refractivity contribution in [3.63, 3.8) is 0 Å². The van der Waals surface area contributed by atoms with Crippen LogP contribution in [0.4, 0.5) is 0 Å². The average molecular weight is 238 g/mol. The second kappa shape index (κ2) is 5.31. The molecular weight excluding hydrogens is 220 g/mol. The summed E-state index contributed by atoms with van der Waals surface area (Å²) < 4.78 is 7.56. The van der Waals surface area contributed by atoms with Gasteiger partial charge < -0.3 is 14.4 Å². The summed E-state index contributed by atoms with van der Waals surface area (Å²) in [4.78, 5) is 15.0. The molecule has 1 aliphatic rings. The minimum absolute atomic E-state index is 0.242. The fraction of sp³-hybridized carbons (Fsp3) is 0.667. The average Bonchev–Trinajstić information content (AvgIpc) is 2.77. The summed E-state index contributed by atoms with van der Waals surface area (Å²) in [7, 11) is 0. The smallest absolute Gasteiger partial charge is 0.312 e. The van der Waals surface area contributed by atoms with Crippen LogP contribution in [0.3, 0.4) is 0 Å². The van der Waals surface area contributed by atoms with E-state index in [9.17, 15) is 4.79 Å². The van der Waals surface area contributed by atoms with Gasteiger partial charge in [-0.2, -0.15) is 0 Å². The lowest BCUT2D eigenvalue weighted by atomic mass is 10.1. The Labute approximate surface area is 100 Å². The topological polar surface area (TPSA) is 64.3 Å². The van der Waals surface area contributed by atoms with Crippen molar-refractivity contribution >= 4 is 5.97 Å². The zero-order valence-electron chi connectivity index (χ0n) is 10.0. The van der Waals surface area contributed by atoms with Gasteiger partial charge in [0, 0.05) is 19.3 Å². The Morgan fingerprint density at radius 1 is 1.71 bits per heavy atom. The van der Waals surface area contributed by atoms with E-state index < -0.39 is 11.9 Å². The lowest BCUT2D eigenvalue weighted by molar-refractivity contribution is -0.138. The molecule has 5 heteroatoms. The molecular formula is C12H18N2O3. The molecule has 0 saturated carbocycles. The van der Waals surface area contributed by atoms with Gasteiger partial charge in [-0.25, -0.2) is 4.98 Å². The van der Waals surface area contributed by atoms with Crippen LogP contribution in [0.1, 0.15) is 37.8 Å². The molecule has 0 aliphatic carbocycles. The summed E-state index contributed by atoms with van der Waals surface area (Å²) in [5.74, 6) is -1.40. The highest BCUT2D eigenvalue weighted by Gasteiger charge is 2.18. The van der Waals surface area contributed by atoms with E-state index in [1.54, 1.807) is 19.4 Å². The summed E-state index contributed by atoms with van der Waals surface area (Å²) in [6.07, 6.45) is 7.15. The van der Waals surface area contributed by atoms with Crippen LogP contribution in [0.5, 0.6) is 0 Å². The second-order valence-corrected chi connectivity index (χ2v) is 4.54. The van der Waals surface area contributed by atoms with Crippen molar-refractivity contribution < 1.29 is 14.6 Å². The van der Waals surface area contributed by atoms with Crippen molar-refractivity contribution in [3.8, 4) is 0 Å². The number of carboxylic acid groups (broad SMARTS) is 1. The Morgan fingerprint density at radius 3 is 3.18 bits per heavy atom. The molecule has 2 unspecified atom stereocenters. The van der Waals surface area contributed by atoms with Crippen LogP contribution in [-0.4, -0.2) is 33.3 Å². The first-order chi connectivity index (χ1) is 8.16. The molecule has 2 rings (SSSR count). The molecule has 17 heavy (non-hydrogen) atoms. The zero-order valence-corrected chi connectivity index (χ0v) is 10.0. The van der Waals surface area contributed by atoms with Gasteiger partial charge in [-0.15, -0.1) is 0 Å². The normalized spacial score (nSPS) is 22.3. The highest BCUT2D eigenvalue weighted by atomic mass is 16.5. The van der Waals surface area contributed by atoms with Gasteiger partial charge in [0.2, 0.25) is 0 Å². The van der Waals surface area contributed by atoms with E-state index in [1.165, 1.54) is 6.42 Å². The zero-order chi connectivity index (χ0) is 12.3. The van der Waals surface area contributed by atoms with Crippen molar-refractivity contribution in [2.24, 2.45) is 0 Å². The number of aliphatic carboxylic acids is 1. The van der Waals surface area contributed by atoms with Crippen LogP contribution in [0.15, 0.2) is 12.5 Å². The highest BCUT2D eigenvalue weighted by Crippen LogP contribution is 2.16. The summed E-state index contributed by atoms with van der Waals surface area (Å²) in [6, 6.07) is 0. The molecule has 0 amide bonds. The number of hydrogen-bond acceptors (Lipinski definition) is 3. The maximum absolute atomic E-state index is 10.8. The fourth-order valence-corrected chi connectivity index (χ4v) is 2.01. The number of nitrogens with zero attached hydrogens (tertiary/aromatic N) is 2. The van der Waals surface area contributed by atoms with E-state index in [0.717, 1.165) is 26.0 Å². The summed E-state index contributed by atoms with van der Waals surface area (Å²) in [5.41, 5.74) is 0.605. The molecule has 1 fully saturated rings. The van der Waals surface area contributed by atoms with Crippen molar-refractivity contribution in [3.05, 3.63) is 18.2 Å². The Kier molecular flexibility index (Phi) is 3.78. The van der Waals surface area contributed by atoms with Gasteiger partial charge in [0.1, 0.15) is 0 Å². The van der Waals surface area contributed by atoms with Crippen LogP contribution in [0.25, 0.3) is 0 Å². The van der Waals surface area contributed by atoms with Crippen LogP contribution in [0, 0.1) is 0 Å². The number of hydrogen-bond donors (Lipinski definition) is 1. The third kappa shape index (κ3) is 3.06. The van der Waals surface area contributed by atoms with Crippen molar-refractivity contribution in [1.29, 1.82) is 0 Å². The molecule has 1 N–H and O–H groups in total. The van der Waals surface area contributed by atoms with Crippen molar-refractivity contribution in [1.82, 2.24) is 9.55 Å². The van der Waals surface area contributed by atoms with Gasteiger partial charge in [-0.05, 0) is 26.2 Å². The molecule has 0 spiro atoms. The van der Waals surface area contributed by atoms with E-state index in [4.69, 9.17) is 9.84 Å². The number of rotatable bonds is 4. The Bertz CT molecular complexity index is 383. The monoisotopic (exact) mass is 238 g/mol. The molecule has 94 valence electrons. The minimum atomic E-state index is -0.843. The maximum Gasteiger partial charge on any atom is 0.312 e. The molecule has 1 aromatic rings. The first-order valence-electron chi connectivity index (χ1n) is 6.03. The fourth-order valence-electron chi connectivity index (χ4n) is 2.01. The largest absolute Gasteiger partial charge is 0.481 e. The Balaban J connectivity index is 1.95. The first kappa shape index (κ1) is 12.1. The SMILES string of the molecule is CC(C(=O)O)c1cn(CC2CCCCO2)cn1. The summed E-state index contributed by atoms with van der Waals surface area (Å²) >= 11 is 0. The van der Waals surface area contributed by atoms with Gasteiger partial charge in [0.05, 0.1) is 24.0 Å². The highest BCUT2D eigenvalue weighted by molar-refractivity contribution is 5.74. The summed E-state index contributed by atoms with van der Waals surface area (Å²) in [6.45, 7) is 3.24. The molecule has 1 aromatic heterocycles. The van der Waals surface area contributed by atoms with Crippen LogP contribution in [-0.2, 0) is 16.1 Å². The Hall–Kier alpha value is -1.36. The van der Waals surface area contributed by atoms with Gasteiger partial charge >= 0.3 is 5.97 Å². The minimum Gasteiger partial charge on any atom is -0.481 e. The van der Waals surface area contributed by atoms with Crippen LogP contribution < -0.4 is 0 Å². The number of aromatic nitrogens is 2. The Morgan fingerprint density at radius 2 is 2.53 bits per heavy atom. The van der Waals surface area contributed by atoms with Gasteiger partial charge in [-0.1, -0.05) is 0 Å². The predicted octanol–water partition coefficient (Wildman–Crippen LogP) is 1.64. The number of imidazole rings is 1. The number of ether oxygens (including phenoxy) is 1. The van der Waals surface area contributed by atoms with Crippen LogP contribution >= 0.6 is 0 Å². The quantitative estimate of drug-likeness (QED) is 0.866. The third-order valence-electron chi connectivity index (χ3n) is 3.16. The third-order valence-corrected chi connectivity index (χ3v) is 3.16. The van der Waals surface area contributed by atoms with E-state index in [0.29, 0.717) is 5.69 Å². The van der Waals surface area contributed by atoms with Gasteiger partial charge in [0.25, 0.3) is 0 Å². The number of carboxylic acids is 1. The molecule has 2 heterocycles. The van der Waals surface area contributed by atoms with E-state index in [2.05, 4.69) is 4.98 Å². The molecule has 5 nitrogen and oxygen atoms in total. The van der Waals surface area contributed by atoms with E-state index in [-0.39, 0.29) is 6.10 Å². The lowest BCUT2D eigenvalue weighted by Crippen LogP contribution is -2.23. The van der Waals surface area contributed by atoms with E-state index >= 15 is 0 Å². The molecule has 1 saturated heterocycles. The van der Waals surface area contributed by atoms with Crippen LogP contribution in [0.2, 0.25) is 0 Å². The predicted molar refractivity (Wildman–Crippen MR) is 61.9 cm³/mol. The van der Waals surface area contributed by atoms with E-state index in [1.807, 2.05) is 4.57 Å². The van der Waals surface area contributed by atoms with Gasteiger partial charge in [0.15, 0.2) is 0 Å². The lowest BCUT2D eigenvalue weighted by Gasteiger charge is -2.22. The number of carbonyl (C=O) groups is 1. The molecule has 0 bridgehead atoms. The summed E-state index contributed by atoms with van der Waals surface area (Å²) in [5, 5.41) is 8.89. The second-order valence-electron chi connectivity index (χ2n) is 4.54. The van der Waals surface area contributed by atoms with Crippen molar-refractivity contribution in [2.75, 3.05) is 6.61 Å². The first-order valence-corrected chi connectivity index (χ1v) is 6.03. The maximum atomic E-state index is 10.8. The van der Waals surface area contributed by atoms with Crippen molar-refractivity contribution in [2.45, 2.75) is 44.8 Å². The molecule has 0 radical (unpaired) electrons. The molecule has 0 aromatic carbocycles.